The van der Waals surface area contributed by atoms with Gasteiger partial charge in [0.25, 0.3) is 5.69 Å². The van der Waals surface area contributed by atoms with E-state index in [9.17, 15) is 24.6 Å². The Labute approximate surface area is 246 Å². The van der Waals surface area contributed by atoms with Crippen LogP contribution in [0.1, 0.15) is 47.4 Å². The van der Waals surface area contributed by atoms with Gasteiger partial charge in [0, 0.05) is 39.4 Å². The Morgan fingerprint density at radius 1 is 1.17 bits per heavy atom. The van der Waals surface area contributed by atoms with E-state index in [1.165, 1.54) is 35.2 Å². The number of nitriles is 1. The van der Waals surface area contributed by atoms with Crippen LogP contribution in [0.2, 0.25) is 5.02 Å². The van der Waals surface area contributed by atoms with Crippen molar-refractivity contribution in [3.05, 3.63) is 120 Å². The molecule has 0 bridgehead atoms. The molecule has 1 atom stereocenters. The van der Waals surface area contributed by atoms with E-state index in [1.54, 1.807) is 23.9 Å². The second kappa shape index (κ2) is 11.4. The van der Waals surface area contributed by atoms with Gasteiger partial charge >= 0.3 is 0 Å². The number of carbonyl (C=O) groups is 1. The SMILES string of the molecule is Cc1cc(CSc2ccc(F)cc2)c(C)c(C2C(C#N)=C(N)N(c3ccc(Cl)cc3[N+](=O)[O-])C3=C2C(=O)CCC3)c1. The molecule has 2 aliphatic rings. The number of nitro benzene ring substituents is 1. The van der Waals surface area contributed by atoms with Crippen LogP contribution >= 0.6 is 23.4 Å². The van der Waals surface area contributed by atoms with Gasteiger partial charge in [-0.1, -0.05) is 29.3 Å². The highest BCUT2D eigenvalue weighted by Crippen LogP contribution is 2.49. The molecule has 1 aliphatic carbocycles. The molecule has 3 aromatic rings. The zero-order valence-electron chi connectivity index (χ0n) is 22.4. The first kappa shape index (κ1) is 28.4. The Hall–Kier alpha value is -4.13. The number of aryl methyl sites for hydroxylation is 1. The summed E-state index contributed by atoms with van der Waals surface area (Å²) in [6.45, 7) is 3.92. The zero-order chi connectivity index (χ0) is 29.4. The number of ketones is 1. The second-order valence-electron chi connectivity index (χ2n) is 10.1. The van der Waals surface area contributed by atoms with Gasteiger partial charge in [0.15, 0.2) is 5.78 Å². The summed E-state index contributed by atoms with van der Waals surface area (Å²) in [5, 5.41) is 22.6. The lowest BCUT2D eigenvalue weighted by Crippen LogP contribution is -2.39. The molecule has 2 N–H and O–H groups in total. The van der Waals surface area contributed by atoms with Crippen LogP contribution in [-0.2, 0) is 10.5 Å². The van der Waals surface area contributed by atoms with Crippen molar-refractivity contribution in [2.75, 3.05) is 4.90 Å². The molecule has 41 heavy (non-hydrogen) atoms. The van der Waals surface area contributed by atoms with Crippen LogP contribution in [0.25, 0.3) is 0 Å². The van der Waals surface area contributed by atoms with Crippen LogP contribution < -0.4 is 10.6 Å². The van der Waals surface area contributed by atoms with Crippen molar-refractivity contribution < 1.29 is 14.1 Å². The maximum atomic E-state index is 13.6. The molecule has 0 saturated carbocycles. The van der Waals surface area contributed by atoms with Crippen molar-refractivity contribution in [3.8, 4) is 6.07 Å². The van der Waals surface area contributed by atoms with E-state index in [4.69, 9.17) is 17.3 Å². The molecule has 5 rings (SSSR count). The smallest absolute Gasteiger partial charge is 0.294 e. The molecule has 208 valence electrons. The summed E-state index contributed by atoms with van der Waals surface area (Å²) in [5.74, 6) is -0.461. The maximum Gasteiger partial charge on any atom is 0.294 e. The van der Waals surface area contributed by atoms with Crippen LogP contribution in [-0.4, -0.2) is 10.7 Å². The Balaban J connectivity index is 1.66. The fraction of sp³-hybridized carbons (Fsp3) is 0.226. The summed E-state index contributed by atoms with van der Waals surface area (Å²) < 4.78 is 13.4. The summed E-state index contributed by atoms with van der Waals surface area (Å²) >= 11 is 7.64. The third-order valence-corrected chi connectivity index (χ3v) is 8.80. The van der Waals surface area contributed by atoms with Gasteiger partial charge in [0.1, 0.15) is 17.3 Å². The summed E-state index contributed by atoms with van der Waals surface area (Å²) in [6.07, 6.45) is 1.33. The number of nitrogens with zero attached hydrogens (tertiary/aromatic N) is 3. The summed E-state index contributed by atoms with van der Waals surface area (Å²) in [6, 6.07) is 16.8. The van der Waals surface area contributed by atoms with Crippen molar-refractivity contribution in [2.45, 2.75) is 49.7 Å². The number of hydrogen-bond acceptors (Lipinski definition) is 7. The van der Waals surface area contributed by atoms with E-state index in [1.807, 2.05) is 19.9 Å². The number of allylic oxidation sites excluding steroid dienone is 3. The van der Waals surface area contributed by atoms with E-state index in [2.05, 4.69) is 12.1 Å². The average Bonchev–Trinajstić information content (AvgIpc) is 2.94. The number of Topliss-reactive ketones (excluding diaryl/α,β-unsaturated/α-hetero) is 1. The lowest BCUT2D eigenvalue weighted by molar-refractivity contribution is -0.384. The maximum absolute atomic E-state index is 13.6. The second-order valence-corrected chi connectivity index (χ2v) is 11.6. The third-order valence-electron chi connectivity index (χ3n) is 7.51. The lowest BCUT2D eigenvalue weighted by atomic mass is 9.73. The topological polar surface area (TPSA) is 113 Å². The van der Waals surface area contributed by atoms with Gasteiger partial charge in [0.2, 0.25) is 0 Å². The molecule has 1 heterocycles. The predicted octanol–water partition coefficient (Wildman–Crippen LogP) is 7.60. The molecule has 10 heteroatoms. The molecule has 0 saturated heterocycles. The molecule has 0 radical (unpaired) electrons. The molecule has 3 aromatic carbocycles. The van der Waals surface area contributed by atoms with Gasteiger partial charge in [-0.2, -0.15) is 5.26 Å². The minimum Gasteiger partial charge on any atom is -0.384 e. The molecular formula is C31H26ClFN4O3S. The van der Waals surface area contributed by atoms with Crippen LogP contribution in [0, 0.1) is 41.1 Å². The number of hydrogen-bond donors (Lipinski definition) is 1. The number of halogens is 2. The van der Waals surface area contributed by atoms with Crippen molar-refractivity contribution in [3.63, 3.8) is 0 Å². The predicted molar refractivity (Wildman–Crippen MR) is 158 cm³/mol. The first-order chi connectivity index (χ1) is 19.6. The van der Waals surface area contributed by atoms with Crippen molar-refractivity contribution >= 4 is 40.5 Å². The minimum absolute atomic E-state index is 0.0551. The van der Waals surface area contributed by atoms with Gasteiger partial charge in [-0.25, -0.2) is 4.39 Å². The number of nitrogens with two attached hydrogens (primary N) is 1. The van der Waals surface area contributed by atoms with E-state index >= 15 is 0 Å². The fourth-order valence-corrected chi connectivity index (χ4v) is 6.73. The standard InChI is InChI=1S/C31H26ClFN4O3S/c1-17-12-19(16-41-22-9-7-21(33)8-10-22)18(2)23(13-17)29-24(15-34)31(35)36(26-4-3-5-28(38)30(26)29)25-11-6-20(32)14-27(25)37(39)40/h6-14,29H,3-5,16,35H2,1-2H3. The summed E-state index contributed by atoms with van der Waals surface area (Å²) in [4.78, 5) is 27.4. The van der Waals surface area contributed by atoms with Crippen LogP contribution in [0.3, 0.4) is 0 Å². The van der Waals surface area contributed by atoms with Gasteiger partial charge in [0.05, 0.1) is 22.5 Å². The van der Waals surface area contributed by atoms with Gasteiger partial charge in [-0.3, -0.25) is 19.8 Å². The Bertz CT molecular complexity index is 1690. The Morgan fingerprint density at radius 3 is 2.59 bits per heavy atom. The highest BCUT2D eigenvalue weighted by molar-refractivity contribution is 7.98. The number of nitro groups is 1. The highest BCUT2D eigenvalue weighted by Gasteiger charge is 2.42. The molecule has 0 aromatic heterocycles. The quantitative estimate of drug-likeness (QED) is 0.179. The molecule has 1 aliphatic heterocycles. The van der Waals surface area contributed by atoms with Crippen molar-refractivity contribution in [2.24, 2.45) is 5.73 Å². The largest absolute Gasteiger partial charge is 0.384 e. The van der Waals surface area contributed by atoms with Gasteiger partial charge in [-0.15, -0.1) is 11.8 Å². The normalized spacial score (nSPS) is 17.0. The molecule has 0 spiro atoms. The molecule has 0 amide bonds. The minimum atomic E-state index is -0.708. The van der Waals surface area contributed by atoms with Crippen LogP contribution in [0.4, 0.5) is 15.8 Å². The summed E-state index contributed by atoms with van der Waals surface area (Å²) in [7, 11) is 0. The third kappa shape index (κ3) is 5.33. The van der Waals surface area contributed by atoms with Crippen molar-refractivity contribution in [1.29, 1.82) is 5.26 Å². The number of thioether (sulfide) groups is 1. The lowest BCUT2D eigenvalue weighted by Gasteiger charge is -2.40. The average molecular weight is 589 g/mol. The Kier molecular flexibility index (Phi) is 7.89. The van der Waals surface area contributed by atoms with Gasteiger partial charge < -0.3 is 5.73 Å². The molecule has 1 unspecified atom stereocenters. The number of anilines is 1. The fourth-order valence-electron chi connectivity index (χ4n) is 5.61. The molecule has 0 fully saturated rings. The number of benzene rings is 3. The first-order valence-electron chi connectivity index (χ1n) is 13.0. The summed E-state index contributed by atoms with van der Waals surface area (Å²) in [5.41, 5.74) is 11.4. The van der Waals surface area contributed by atoms with E-state index in [0.29, 0.717) is 36.3 Å². The van der Waals surface area contributed by atoms with E-state index < -0.39 is 10.8 Å². The van der Waals surface area contributed by atoms with Crippen LogP contribution in [0.5, 0.6) is 0 Å². The highest BCUT2D eigenvalue weighted by atomic mass is 35.5. The van der Waals surface area contributed by atoms with Crippen LogP contribution in [0.15, 0.2) is 82.2 Å². The number of carbonyl (C=O) groups excluding carboxylic acids is 1. The van der Waals surface area contributed by atoms with Crippen molar-refractivity contribution in [1.82, 2.24) is 0 Å². The van der Waals surface area contributed by atoms with E-state index in [0.717, 1.165) is 27.1 Å². The first-order valence-corrected chi connectivity index (χ1v) is 14.4. The number of rotatable bonds is 6. The Morgan fingerprint density at radius 2 is 1.90 bits per heavy atom. The molecule has 7 nitrogen and oxygen atoms in total. The van der Waals surface area contributed by atoms with E-state index in [-0.39, 0.29) is 39.4 Å². The molecular weight excluding hydrogens is 563 g/mol. The monoisotopic (exact) mass is 588 g/mol. The zero-order valence-corrected chi connectivity index (χ0v) is 24.0. The van der Waals surface area contributed by atoms with Gasteiger partial charge in [-0.05, 0) is 79.8 Å².